The van der Waals surface area contributed by atoms with Gasteiger partial charge in [-0.3, -0.25) is 0 Å². The minimum Gasteiger partial charge on any atom is -0.395 e. The molecule has 1 saturated heterocycles. The van der Waals surface area contributed by atoms with Crippen molar-refractivity contribution in [2.24, 2.45) is 5.92 Å². The van der Waals surface area contributed by atoms with Crippen molar-refractivity contribution in [2.75, 3.05) is 6.61 Å². The number of hydrogen-bond donors (Lipinski definition) is 2. The van der Waals surface area contributed by atoms with Crippen molar-refractivity contribution in [1.29, 1.82) is 0 Å². The van der Waals surface area contributed by atoms with Crippen LogP contribution in [0.4, 0.5) is 0 Å². The molecule has 1 heterocycles. The summed E-state index contributed by atoms with van der Waals surface area (Å²) in [4.78, 5) is 0. The zero-order valence-electron chi connectivity index (χ0n) is 7.32. The van der Waals surface area contributed by atoms with Crippen LogP contribution in [0, 0.1) is 5.92 Å². The van der Waals surface area contributed by atoms with Crippen molar-refractivity contribution in [3.05, 3.63) is 0 Å². The monoisotopic (exact) mass is 193 g/mol. The lowest BCUT2D eigenvalue weighted by Gasteiger charge is -2.13. The van der Waals surface area contributed by atoms with E-state index in [4.69, 9.17) is 5.11 Å². The van der Waals surface area contributed by atoms with Gasteiger partial charge < -0.3 is 5.11 Å². The van der Waals surface area contributed by atoms with E-state index in [0.717, 1.165) is 6.42 Å². The molecule has 0 unspecified atom stereocenters. The highest BCUT2D eigenvalue weighted by molar-refractivity contribution is 7.90. The fourth-order valence-corrected chi connectivity index (χ4v) is 3.60. The Labute approximate surface area is 73.0 Å². The quantitative estimate of drug-likeness (QED) is 0.632. The molecule has 1 aliphatic rings. The highest BCUT2D eigenvalue weighted by atomic mass is 32.2. The Kier molecular flexibility index (Phi) is 2.75. The van der Waals surface area contributed by atoms with E-state index in [1.54, 1.807) is 0 Å². The molecule has 0 aliphatic carbocycles. The third-order valence-corrected chi connectivity index (χ3v) is 4.56. The van der Waals surface area contributed by atoms with Gasteiger partial charge in [0, 0.05) is 6.04 Å². The van der Waals surface area contributed by atoms with Crippen molar-refractivity contribution in [2.45, 2.75) is 31.6 Å². The SMILES string of the molecule is CC[C@H]1NS(=O)(=O)[C@H](CO)[C@H]1C. The second kappa shape index (κ2) is 3.32. The molecule has 0 spiro atoms. The summed E-state index contributed by atoms with van der Waals surface area (Å²) < 4.78 is 25.1. The summed E-state index contributed by atoms with van der Waals surface area (Å²) in [5.74, 6) is 0.00463. The zero-order chi connectivity index (χ0) is 9.35. The first-order chi connectivity index (χ1) is 5.53. The van der Waals surface area contributed by atoms with Gasteiger partial charge in [-0.2, -0.15) is 0 Å². The van der Waals surface area contributed by atoms with E-state index in [2.05, 4.69) is 4.72 Å². The van der Waals surface area contributed by atoms with Gasteiger partial charge in [-0.15, -0.1) is 0 Å². The van der Waals surface area contributed by atoms with Crippen molar-refractivity contribution in [3.8, 4) is 0 Å². The Morgan fingerprint density at radius 3 is 2.33 bits per heavy atom. The lowest BCUT2D eigenvalue weighted by Crippen LogP contribution is -2.28. The molecule has 0 aromatic rings. The van der Waals surface area contributed by atoms with E-state index in [1.165, 1.54) is 0 Å². The van der Waals surface area contributed by atoms with Crippen LogP contribution < -0.4 is 4.72 Å². The first-order valence-corrected chi connectivity index (χ1v) is 5.69. The standard InChI is InChI=1S/C7H15NO3S/c1-3-6-5(2)7(4-9)12(10,11)8-6/h5-9H,3-4H2,1-2H3/t5-,6+,7+/m0/s1. The summed E-state index contributed by atoms with van der Waals surface area (Å²) in [5, 5.41) is 8.24. The number of aliphatic hydroxyl groups is 1. The maximum Gasteiger partial charge on any atom is 0.217 e. The lowest BCUT2D eigenvalue weighted by atomic mass is 9.97. The summed E-state index contributed by atoms with van der Waals surface area (Å²) >= 11 is 0. The van der Waals surface area contributed by atoms with Gasteiger partial charge >= 0.3 is 0 Å². The molecule has 1 aliphatic heterocycles. The van der Waals surface area contributed by atoms with Crippen molar-refractivity contribution in [1.82, 2.24) is 4.72 Å². The molecule has 0 amide bonds. The van der Waals surface area contributed by atoms with Gasteiger partial charge in [0.1, 0.15) is 5.25 Å². The first-order valence-electron chi connectivity index (χ1n) is 4.15. The van der Waals surface area contributed by atoms with E-state index < -0.39 is 15.3 Å². The fourth-order valence-electron chi connectivity index (χ4n) is 1.67. The molecule has 2 N–H and O–H groups in total. The molecule has 0 aromatic carbocycles. The van der Waals surface area contributed by atoms with Gasteiger partial charge in [-0.1, -0.05) is 13.8 Å². The fraction of sp³-hybridized carbons (Fsp3) is 1.00. The highest BCUT2D eigenvalue weighted by Gasteiger charge is 2.42. The van der Waals surface area contributed by atoms with Crippen LogP contribution in [0.25, 0.3) is 0 Å². The van der Waals surface area contributed by atoms with Crippen molar-refractivity contribution >= 4 is 10.0 Å². The van der Waals surface area contributed by atoms with Crippen LogP contribution in [0.3, 0.4) is 0 Å². The number of rotatable bonds is 2. The normalized spacial score (nSPS) is 40.1. The van der Waals surface area contributed by atoms with Crippen LogP contribution in [0.15, 0.2) is 0 Å². The molecule has 0 aromatic heterocycles. The predicted octanol–water partition coefficient (Wildman–Crippen LogP) is -0.305. The third kappa shape index (κ3) is 1.48. The van der Waals surface area contributed by atoms with Crippen LogP contribution >= 0.6 is 0 Å². The van der Waals surface area contributed by atoms with Crippen molar-refractivity contribution in [3.63, 3.8) is 0 Å². The summed E-state index contributed by atoms with van der Waals surface area (Å²) in [6.45, 7) is 3.50. The Morgan fingerprint density at radius 1 is 1.50 bits per heavy atom. The maximum atomic E-state index is 11.3. The topological polar surface area (TPSA) is 66.4 Å². The molecule has 1 rings (SSSR count). The van der Waals surface area contributed by atoms with Gasteiger partial charge in [-0.05, 0) is 12.3 Å². The average Bonchev–Trinajstić information content (AvgIpc) is 2.21. The van der Waals surface area contributed by atoms with Crippen LogP contribution in [0.1, 0.15) is 20.3 Å². The van der Waals surface area contributed by atoms with E-state index in [9.17, 15) is 8.42 Å². The Morgan fingerprint density at radius 2 is 2.08 bits per heavy atom. The number of aliphatic hydroxyl groups excluding tert-OH is 1. The van der Waals surface area contributed by atoms with Crippen molar-refractivity contribution < 1.29 is 13.5 Å². The van der Waals surface area contributed by atoms with E-state index in [0.29, 0.717) is 0 Å². The third-order valence-electron chi connectivity index (χ3n) is 2.56. The maximum absolute atomic E-state index is 11.3. The van der Waals surface area contributed by atoms with Gasteiger partial charge in [0.05, 0.1) is 6.61 Å². The van der Waals surface area contributed by atoms with E-state index >= 15 is 0 Å². The first kappa shape index (κ1) is 9.95. The molecule has 0 saturated carbocycles. The molecule has 0 radical (unpaired) electrons. The number of hydrogen-bond acceptors (Lipinski definition) is 3. The summed E-state index contributed by atoms with van der Waals surface area (Å²) in [6.07, 6.45) is 0.775. The summed E-state index contributed by atoms with van der Waals surface area (Å²) in [5.41, 5.74) is 0. The molecule has 4 nitrogen and oxygen atoms in total. The number of nitrogens with one attached hydrogen (secondary N) is 1. The molecule has 72 valence electrons. The molecule has 5 heteroatoms. The molecule has 12 heavy (non-hydrogen) atoms. The molecule has 3 atom stereocenters. The Hall–Kier alpha value is -0.130. The predicted molar refractivity (Wildman–Crippen MR) is 46.2 cm³/mol. The van der Waals surface area contributed by atoms with Gasteiger partial charge in [0.25, 0.3) is 0 Å². The smallest absolute Gasteiger partial charge is 0.217 e. The average molecular weight is 193 g/mol. The molecule has 0 bridgehead atoms. The lowest BCUT2D eigenvalue weighted by molar-refractivity contribution is 0.261. The Bertz CT molecular complexity index is 249. The van der Waals surface area contributed by atoms with Gasteiger partial charge in [-0.25, -0.2) is 13.1 Å². The summed E-state index contributed by atoms with van der Waals surface area (Å²) in [7, 11) is -3.25. The Balaban J connectivity index is 2.87. The minimum atomic E-state index is -3.25. The molecular weight excluding hydrogens is 178 g/mol. The minimum absolute atomic E-state index is 0.00463. The molecular formula is C7H15NO3S. The largest absolute Gasteiger partial charge is 0.395 e. The van der Waals surface area contributed by atoms with E-state index in [-0.39, 0.29) is 18.6 Å². The highest BCUT2D eigenvalue weighted by Crippen LogP contribution is 2.25. The van der Waals surface area contributed by atoms with Crippen LogP contribution in [-0.4, -0.2) is 31.4 Å². The second-order valence-corrected chi connectivity index (χ2v) is 5.19. The second-order valence-electron chi connectivity index (χ2n) is 3.26. The summed E-state index contributed by atoms with van der Waals surface area (Å²) in [6, 6.07) is -0.00727. The number of sulfonamides is 1. The molecule has 1 fully saturated rings. The van der Waals surface area contributed by atoms with Gasteiger partial charge in [0.2, 0.25) is 10.0 Å². The van der Waals surface area contributed by atoms with Crippen LogP contribution in [-0.2, 0) is 10.0 Å². The van der Waals surface area contributed by atoms with Gasteiger partial charge in [0.15, 0.2) is 0 Å². The van der Waals surface area contributed by atoms with Crippen LogP contribution in [0.5, 0.6) is 0 Å². The van der Waals surface area contributed by atoms with E-state index in [1.807, 2.05) is 13.8 Å². The zero-order valence-corrected chi connectivity index (χ0v) is 8.13. The van der Waals surface area contributed by atoms with Crippen LogP contribution in [0.2, 0.25) is 0 Å².